The number of carbonyl (C=O) groups is 3. The molecule has 3 amide bonds. The van der Waals surface area contributed by atoms with Crippen molar-refractivity contribution in [2.45, 2.75) is 45.6 Å². The van der Waals surface area contributed by atoms with Gasteiger partial charge < -0.3 is 19.8 Å². The molecular weight excluding hydrogens is 412 g/mol. The fourth-order valence-electron chi connectivity index (χ4n) is 3.99. The number of rotatable bonds is 4. The standard InChI is InChI=1S/C23H28N4O5/c1-23(2,3)15-4-5-18-17(10-15)27(20(28)13-31-18)11-19-25-16(12-32-19)22(30)26-8-6-14(7-9-26)21(24)29/h4-5,10,12,14H,6-9,11,13H2,1-3H3,(H2,24,29). The van der Waals surface area contributed by atoms with Gasteiger partial charge in [0.1, 0.15) is 18.6 Å². The van der Waals surface area contributed by atoms with E-state index >= 15 is 0 Å². The summed E-state index contributed by atoms with van der Waals surface area (Å²) >= 11 is 0. The molecule has 0 bridgehead atoms. The molecule has 1 aromatic carbocycles. The van der Waals surface area contributed by atoms with Crippen LogP contribution in [-0.2, 0) is 21.5 Å². The molecule has 1 fully saturated rings. The Morgan fingerprint density at radius 3 is 2.59 bits per heavy atom. The molecule has 0 spiro atoms. The lowest BCUT2D eigenvalue weighted by atomic mass is 9.86. The zero-order valence-electron chi connectivity index (χ0n) is 18.6. The highest BCUT2D eigenvalue weighted by atomic mass is 16.5. The van der Waals surface area contributed by atoms with Crippen LogP contribution >= 0.6 is 0 Å². The van der Waals surface area contributed by atoms with Gasteiger partial charge in [-0.05, 0) is 36.0 Å². The number of aromatic nitrogens is 1. The van der Waals surface area contributed by atoms with Crippen molar-refractivity contribution in [1.82, 2.24) is 9.88 Å². The summed E-state index contributed by atoms with van der Waals surface area (Å²) in [5.41, 5.74) is 7.18. The first kappa shape index (κ1) is 21.9. The number of ether oxygens (including phenoxy) is 1. The van der Waals surface area contributed by atoms with E-state index in [1.54, 1.807) is 9.80 Å². The maximum Gasteiger partial charge on any atom is 0.275 e. The second-order valence-electron chi connectivity index (χ2n) is 9.30. The van der Waals surface area contributed by atoms with Gasteiger partial charge in [0.05, 0.1) is 5.69 Å². The van der Waals surface area contributed by atoms with Crippen LogP contribution < -0.4 is 15.4 Å². The lowest BCUT2D eigenvalue weighted by Crippen LogP contribution is -2.41. The highest BCUT2D eigenvalue weighted by Crippen LogP contribution is 2.37. The Morgan fingerprint density at radius 2 is 1.94 bits per heavy atom. The van der Waals surface area contributed by atoms with Crippen molar-refractivity contribution in [2.75, 3.05) is 24.6 Å². The molecule has 9 heteroatoms. The van der Waals surface area contributed by atoms with E-state index in [1.165, 1.54) is 6.26 Å². The molecule has 9 nitrogen and oxygen atoms in total. The van der Waals surface area contributed by atoms with E-state index in [9.17, 15) is 14.4 Å². The fourth-order valence-corrected chi connectivity index (χ4v) is 3.99. The van der Waals surface area contributed by atoms with Gasteiger partial charge in [0.25, 0.3) is 11.8 Å². The maximum absolute atomic E-state index is 12.8. The number of primary amides is 1. The van der Waals surface area contributed by atoms with Crippen molar-refractivity contribution >= 4 is 23.4 Å². The molecule has 1 aromatic heterocycles. The first-order chi connectivity index (χ1) is 15.1. The summed E-state index contributed by atoms with van der Waals surface area (Å²) in [5.74, 6) is -0.0986. The molecule has 1 saturated heterocycles. The zero-order valence-corrected chi connectivity index (χ0v) is 18.6. The number of fused-ring (bicyclic) bond motifs is 1. The first-order valence-corrected chi connectivity index (χ1v) is 10.7. The summed E-state index contributed by atoms with van der Waals surface area (Å²) in [7, 11) is 0. The number of nitrogens with zero attached hydrogens (tertiary/aromatic N) is 3. The van der Waals surface area contributed by atoms with Crippen molar-refractivity contribution in [3.8, 4) is 5.75 Å². The number of carbonyl (C=O) groups excluding carboxylic acids is 3. The second kappa shape index (κ2) is 8.29. The second-order valence-corrected chi connectivity index (χ2v) is 9.30. The Labute approximate surface area is 186 Å². The Balaban J connectivity index is 1.50. The number of nitrogens with two attached hydrogens (primary N) is 1. The quantitative estimate of drug-likeness (QED) is 0.779. The lowest BCUT2D eigenvalue weighted by Gasteiger charge is -2.30. The minimum atomic E-state index is -0.328. The van der Waals surface area contributed by atoms with Gasteiger partial charge in [-0.2, -0.15) is 0 Å². The summed E-state index contributed by atoms with van der Waals surface area (Å²) in [5, 5.41) is 0. The van der Waals surface area contributed by atoms with E-state index in [2.05, 4.69) is 25.8 Å². The molecule has 0 atom stereocenters. The summed E-state index contributed by atoms with van der Waals surface area (Å²) in [6.45, 7) is 7.22. The van der Waals surface area contributed by atoms with Crippen LogP contribution in [0.4, 0.5) is 5.69 Å². The predicted molar refractivity (Wildman–Crippen MR) is 116 cm³/mol. The van der Waals surface area contributed by atoms with Gasteiger partial charge in [-0.25, -0.2) is 4.98 Å². The number of oxazole rings is 1. The topological polar surface area (TPSA) is 119 Å². The van der Waals surface area contributed by atoms with Gasteiger partial charge in [-0.15, -0.1) is 0 Å². The Kier molecular flexibility index (Phi) is 5.66. The summed E-state index contributed by atoms with van der Waals surface area (Å²) < 4.78 is 11.1. The van der Waals surface area contributed by atoms with Crippen molar-refractivity contribution in [2.24, 2.45) is 11.7 Å². The molecule has 2 N–H and O–H groups in total. The van der Waals surface area contributed by atoms with Crippen LogP contribution in [0, 0.1) is 5.92 Å². The lowest BCUT2D eigenvalue weighted by molar-refractivity contribution is -0.123. The number of hydrogen-bond acceptors (Lipinski definition) is 6. The van der Waals surface area contributed by atoms with Crippen molar-refractivity contribution in [3.63, 3.8) is 0 Å². The smallest absolute Gasteiger partial charge is 0.275 e. The van der Waals surface area contributed by atoms with E-state index in [1.807, 2.05) is 18.2 Å². The van der Waals surface area contributed by atoms with Gasteiger partial charge in [0, 0.05) is 19.0 Å². The van der Waals surface area contributed by atoms with E-state index < -0.39 is 0 Å². The highest BCUT2D eigenvalue weighted by Gasteiger charge is 2.31. The molecular formula is C23H28N4O5. The molecule has 3 heterocycles. The Bertz CT molecular complexity index is 1050. The van der Waals surface area contributed by atoms with E-state index in [0.29, 0.717) is 37.4 Å². The molecule has 32 heavy (non-hydrogen) atoms. The molecule has 2 aliphatic rings. The Hall–Kier alpha value is -3.36. The van der Waals surface area contributed by atoms with Crippen molar-refractivity contribution in [1.29, 1.82) is 0 Å². The maximum atomic E-state index is 12.8. The SMILES string of the molecule is CC(C)(C)c1ccc2c(c1)N(Cc1nc(C(=O)N3CCC(C(N)=O)CC3)co1)C(=O)CO2. The third-order valence-electron chi connectivity index (χ3n) is 6.02. The average Bonchev–Trinajstić information content (AvgIpc) is 3.23. The zero-order chi connectivity index (χ0) is 23.0. The summed E-state index contributed by atoms with van der Waals surface area (Å²) in [6.07, 6.45) is 2.40. The molecule has 4 rings (SSSR count). The molecule has 0 aliphatic carbocycles. The molecule has 0 unspecified atom stereocenters. The van der Waals surface area contributed by atoms with Crippen LogP contribution in [0.3, 0.4) is 0 Å². The van der Waals surface area contributed by atoms with Crippen molar-refractivity contribution in [3.05, 3.63) is 41.6 Å². The molecule has 2 aliphatic heterocycles. The van der Waals surface area contributed by atoms with Crippen LogP contribution in [0.2, 0.25) is 0 Å². The third kappa shape index (κ3) is 4.32. The molecule has 2 aromatic rings. The molecule has 0 saturated carbocycles. The summed E-state index contributed by atoms with van der Waals surface area (Å²) in [4.78, 5) is 44.3. The number of piperidine rings is 1. The van der Waals surface area contributed by atoms with Crippen LogP contribution in [0.15, 0.2) is 28.9 Å². The van der Waals surface area contributed by atoms with Gasteiger partial charge in [0.2, 0.25) is 11.8 Å². The van der Waals surface area contributed by atoms with Gasteiger partial charge in [-0.1, -0.05) is 26.8 Å². The number of hydrogen-bond donors (Lipinski definition) is 1. The van der Waals surface area contributed by atoms with E-state index in [0.717, 1.165) is 5.56 Å². The number of anilines is 1. The van der Waals surface area contributed by atoms with Gasteiger partial charge >= 0.3 is 0 Å². The van der Waals surface area contributed by atoms with Gasteiger partial charge in [-0.3, -0.25) is 19.3 Å². The minimum absolute atomic E-state index is 0.0663. The summed E-state index contributed by atoms with van der Waals surface area (Å²) in [6, 6.07) is 5.82. The first-order valence-electron chi connectivity index (χ1n) is 10.7. The minimum Gasteiger partial charge on any atom is -0.482 e. The number of benzene rings is 1. The highest BCUT2D eigenvalue weighted by molar-refractivity contribution is 5.98. The largest absolute Gasteiger partial charge is 0.482 e. The average molecular weight is 441 g/mol. The monoisotopic (exact) mass is 440 g/mol. The van der Waals surface area contributed by atoms with Crippen LogP contribution in [0.25, 0.3) is 0 Å². The predicted octanol–water partition coefficient (Wildman–Crippen LogP) is 2.24. The van der Waals surface area contributed by atoms with Crippen LogP contribution in [0.5, 0.6) is 5.75 Å². The van der Waals surface area contributed by atoms with Crippen LogP contribution in [-0.4, -0.2) is 47.3 Å². The molecule has 0 radical (unpaired) electrons. The fraction of sp³-hybridized carbons (Fsp3) is 0.478. The third-order valence-corrected chi connectivity index (χ3v) is 6.02. The Morgan fingerprint density at radius 1 is 1.22 bits per heavy atom. The van der Waals surface area contributed by atoms with E-state index in [4.69, 9.17) is 14.9 Å². The molecule has 170 valence electrons. The van der Waals surface area contributed by atoms with Gasteiger partial charge in [0.15, 0.2) is 12.3 Å². The van der Waals surface area contributed by atoms with Crippen LogP contribution in [0.1, 0.15) is 55.6 Å². The van der Waals surface area contributed by atoms with Crippen molar-refractivity contribution < 1.29 is 23.5 Å². The number of amides is 3. The normalized spacial score (nSPS) is 17.2. The number of likely N-dealkylation sites (tertiary alicyclic amines) is 1. The van der Waals surface area contributed by atoms with E-state index in [-0.39, 0.29) is 53.8 Å².